The Balaban J connectivity index is 2.06. The Labute approximate surface area is 141 Å². The van der Waals surface area contributed by atoms with E-state index in [1.54, 1.807) is 43.5 Å². The molecular formula is C15H12BrCl2NO2. The molecule has 0 bridgehead atoms. The molecule has 0 saturated carbocycles. The molecule has 0 aliphatic heterocycles. The number of methoxy groups -OCH3 is 1. The molecule has 0 unspecified atom stereocenters. The lowest BCUT2D eigenvalue weighted by Gasteiger charge is -2.09. The van der Waals surface area contributed by atoms with Crippen LogP contribution in [0.25, 0.3) is 0 Å². The van der Waals surface area contributed by atoms with Gasteiger partial charge in [-0.05, 0) is 52.3 Å². The third kappa shape index (κ3) is 4.13. The second-order valence-electron chi connectivity index (χ2n) is 4.25. The molecule has 0 aliphatic rings. The average molecular weight is 389 g/mol. The lowest BCUT2D eigenvalue weighted by Crippen LogP contribution is -2.14. The van der Waals surface area contributed by atoms with Crippen LogP contribution in [0.1, 0.15) is 10.4 Å². The molecule has 0 aliphatic carbocycles. The van der Waals surface area contributed by atoms with E-state index < -0.39 is 0 Å². The molecule has 2 rings (SSSR count). The fourth-order valence-corrected chi connectivity index (χ4v) is 2.77. The number of nitrogens with one attached hydrogen (secondary N) is 1. The number of benzene rings is 2. The maximum absolute atomic E-state index is 12.2. The predicted molar refractivity (Wildman–Crippen MR) is 90.0 cm³/mol. The van der Waals surface area contributed by atoms with Gasteiger partial charge in [-0.2, -0.15) is 0 Å². The fraction of sp³-hybridized carbons (Fsp3) is 0.133. The fourth-order valence-electron chi connectivity index (χ4n) is 1.75. The molecule has 0 fully saturated rings. The second kappa shape index (κ2) is 7.16. The van der Waals surface area contributed by atoms with Gasteiger partial charge in [0.2, 0.25) is 0 Å². The van der Waals surface area contributed by atoms with Gasteiger partial charge in [0.15, 0.2) is 5.78 Å². The van der Waals surface area contributed by atoms with Crippen molar-refractivity contribution >= 4 is 50.6 Å². The number of anilines is 1. The van der Waals surface area contributed by atoms with E-state index in [1.807, 2.05) is 0 Å². The number of ketones is 1. The Bertz CT molecular complexity index is 677. The van der Waals surface area contributed by atoms with Crippen LogP contribution in [0.5, 0.6) is 5.75 Å². The van der Waals surface area contributed by atoms with E-state index in [1.165, 1.54) is 0 Å². The summed E-state index contributed by atoms with van der Waals surface area (Å²) < 4.78 is 5.87. The van der Waals surface area contributed by atoms with Gasteiger partial charge >= 0.3 is 0 Å². The Morgan fingerprint density at radius 2 is 2.00 bits per heavy atom. The molecular weight excluding hydrogens is 377 g/mol. The summed E-state index contributed by atoms with van der Waals surface area (Å²) in [6, 6.07) is 10.3. The van der Waals surface area contributed by atoms with E-state index in [9.17, 15) is 4.79 Å². The van der Waals surface area contributed by atoms with E-state index in [2.05, 4.69) is 21.2 Å². The zero-order chi connectivity index (χ0) is 15.4. The molecule has 0 spiro atoms. The van der Waals surface area contributed by atoms with E-state index in [-0.39, 0.29) is 12.3 Å². The molecule has 21 heavy (non-hydrogen) atoms. The van der Waals surface area contributed by atoms with Crippen molar-refractivity contribution in [3.63, 3.8) is 0 Å². The molecule has 3 nitrogen and oxygen atoms in total. The highest BCUT2D eigenvalue weighted by molar-refractivity contribution is 9.10. The molecule has 0 radical (unpaired) electrons. The van der Waals surface area contributed by atoms with Crippen molar-refractivity contribution in [1.82, 2.24) is 0 Å². The van der Waals surface area contributed by atoms with E-state index in [0.29, 0.717) is 27.0 Å². The second-order valence-corrected chi connectivity index (χ2v) is 5.95. The number of hydrogen-bond donors (Lipinski definition) is 1. The van der Waals surface area contributed by atoms with Crippen LogP contribution in [-0.2, 0) is 0 Å². The van der Waals surface area contributed by atoms with Gasteiger partial charge in [0, 0.05) is 10.6 Å². The molecule has 110 valence electrons. The van der Waals surface area contributed by atoms with Crippen molar-refractivity contribution in [2.75, 3.05) is 19.0 Å². The smallest absolute Gasteiger partial charge is 0.181 e. The number of rotatable bonds is 5. The summed E-state index contributed by atoms with van der Waals surface area (Å²) >= 11 is 15.2. The highest BCUT2D eigenvalue weighted by atomic mass is 79.9. The standard InChI is InChI=1S/C15H12BrCl2NO2/c1-21-15-5-2-9(6-11(15)16)14(20)8-19-13-4-3-10(17)7-12(13)18/h2-7,19H,8H2,1H3. The minimum Gasteiger partial charge on any atom is -0.496 e. The predicted octanol–water partition coefficient (Wildman–Crippen LogP) is 5.06. The maximum Gasteiger partial charge on any atom is 0.181 e. The zero-order valence-corrected chi connectivity index (χ0v) is 14.2. The van der Waals surface area contributed by atoms with Crippen LogP contribution in [0.3, 0.4) is 0 Å². The minimum absolute atomic E-state index is 0.0515. The highest BCUT2D eigenvalue weighted by Gasteiger charge is 2.10. The van der Waals surface area contributed by atoms with Gasteiger partial charge in [-0.3, -0.25) is 4.79 Å². The van der Waals surface area contributed by atoms with Crippen molar-refractivity contribution in [1.29, 1.82) is 0 Å². The Morgan fingerprint density at radius 3 is 2.62 bits per heavy atom. The first kappa shape index (κ1) is 16.1. The molecule has 0 saturated heterocycles. The van der Waals surface area contributed by atoms with E-state index in [4.69, 9.17) is 27.9 Å². The van der Waals surface area contributed by atoms with Gasteiger partial charge < -0.3 is 10.1 Å². The third-order valence-corrected chi connectivity index (χ3v) is 4.01. The summed E-state index contributed by atoms with van der Waals surface area (Å²) in [6.45, 7) is 0.139. The molecule has 0 aromatic heterocycles. The van der Waals surface area contributed by atoms with Gasteiger partial charge in [-0.25, -0.2) is 0 Å². The minimum atomic E-state index is -0.0515. The van der Waals surface area contributed by atoms with Crippen molar-refractivity contribution in [3.05, 3.63) is 56.5 Å². The summed E-state index contributed by atoms with van der Waals surface area (Å²) in [5, 5.41) is 4.03. The normalized spacial score (nSPS) is 10.3. The van der Waals surface area contributed by atoms with Crippen LogP contribution in [0.2, 0.25) is 10.0 Å². The highest BCUT2D eigenvalue weighted by Crippen LogP contribution is 2.27. The topological polar surface area (TPSA) is 38.3 Å². The number of halogens is 3. The number of carbonyl (C=O) groups is 1. The van der Waals surface area contributed by atoms with Gasteiger partial charge in [-0.1, -0.05) is 23.2 Å². The van der Waals surface area contributed by atoms with Crippen LogP contribution in [0.15, 0.2) is 40.9 Å². The summed E-state index contributed by atoms with van der Waals surface area (Å²) in [5.74, 6) is 0.629. The van der Waals surface area contributed by atoms with Crippen LogP contribution < -0.4 is 10.1 Å². The maximum atomic E-state index is 12.2. The summed E-state index contributed by atoms with van der Waals surface area (Å²) in [5.41, 5.74) is 1.25. The molecule has 6 heteroatoms. The lowest BCUT2D eigenvalue weighted by molar-refractivity contribution is 0.101. The molecule has 0 heterocycles. The Hall–Kier alpha value is -1.23. The zero-order valence-electron chi connectivity index (χ0n) is 11.1. The number of carbonyl (C=O) groups excluding carboxylic acids is 1. The molecule has 0 atom stereocenters. The summed E-state index contributed by atoms with van der Waals surface area (Å²) in [7, 11) is 1.58. The number of hydrogen-bond acceptors (Lipinski definition) is 3. The lowest BCUT2D eigenvalue weighted by atomic mass is 10.1. The average Bonchev–Trinajstić information content (AvgIpc) is 2.46. The summed E-state index contributed by atoms with van der Waals surface area (Å²) in [6.07, 6.45) is 0. The van der Waals surface area contributed by atoms with Crippen LogP contribution >= 0.6 is 39.1 Å². The number of ether oxygens (including phenoxy) is 1. The SMILES string of the molecule is COc1ccc(C(=O)CNc2ccc(Cl)cc2Cl)cc1Br. The number of Topliss-reactive ketones (excluding diaryl/α,β-unsaturated/α-hetero) is 1. The molecule has 0 amide bonds. The van der Waals surface area contributed by atoms with Crippen molar-refractivity contribution < 1.29 is 9.53 Å². The van der Waals surface area contributed by atoms with Crippen LogP contribution in [-0.4, -0.2) is 19.4 Å². The first-order chi connectivity index (χ1) is 10.0. The largest absolute Gasteiger partial charge is 0.496 e. The molecule has 2 aromatic rings. The third-order valence-electron chi connectivity index (χ3n) is 2.84. The van der Waals surface area contributed by atoms with Gasteiger partial charge in [0.25, 0.3) is 0 Å². The molecule has 1 N–H and O–H groups in total. The van der Waals surface area contributed by atoms with Gasteiger partial charge in [0.1, 0.15) is 5.75 Å². The Morgan fingerprint density at radius 1 is 1.24 bits per heavy atom. The van der Waals surface area contributed by atoms with Crippen molar-refractivity contribution in [2.24, 2.45) is 0 Å². The van der Waals surface area contributed by atoms with E-state index in [0.717, 1.165) is 4.47 Å². The monoisotopic (exact) mass is 387 g/mol. The quantitative estimate of drug-likeness (QED) is 0.727. The van der Waals surface area contributed by atoms with Crippen molar-refractivity contribution in [3.8, 4) is 5.75 Å². The summed E-state index contributed by atoms with van der Waals surface area (Å²) in [4.78, 5) is 12.2. The first-order valence-electron chi connectivity index (χ1n) is 6.07. The molecule has 2 aromatic carbocycles. The van der Waals surface area contributed by atoms with Crippen LogP contribution in [0, 0.1) is 0 Å². The van der Waals surface area contributed by atoms with E-state index >= 15 is 0 Å². The Kier molecular flexibility index (Phi) is 5.51. The van der Waals surface area contributed by atoms with Crippen LogP contribution in [0.4, 0.5) is 5.69 Å². The van der Waals surface area contributed by atoms with Gasteiger partial charge in [0.05, 0.1) is 28.8 Å². The van der Waals surface area contributed by atoms with Gasteiger partial charge in [-0.15, -0.1) is 0 Å². The van der Waals surface area contributed by atoms with Crippen molar-refractivity contribution in [2.45, 2.75) is 0 Å². The first-order valence-corrected chi connectivity index (χ1v) is 7.62.